The lowest BCUT2D eigenvalue weighted by molar-refractivity contribution is 0.486. The monoisotopic (exact) mass is 337 g/mol. The summed E-state index contributed by atoms with van der Waals surface area (Å²) in [6.07, 6.45) is 0. The van der Waals surface area contributed by atoms with E-state index in [1.165, 1.54) is 0 Å². The van der Waals surface area contributed by atoms with Crippen molar-refractivity contribution in [1.29, 1.82) is 5.26 Å². The summed E-state index contributed by atoms with van der Waals surface area (Å²) >= 11 is 3.39. The van der Waals surface area contributed by atoms with Crippen LogP contribution in [0.4, 0.5) is 0 Å². The highest BCUT2D eigenvalue weighted by molar-refractivity contribution is 9.08. The SMILES string of the molecule is N#Cc1cc(CBr)ccc1Oc1cccc2ccccc12. The number of ether oxygens (including phenoxy) is 1. The van der Waals surface area contributed by atoms with Crippen LogP contribution in [-0.2, 0) is 5.33 Å². The van der Waals surface area contributed by atoms with E-state index in [2.05, 4.69) is 22.0 Å². The summed E-state index contributed by atoms with van der Waals surface area (Å²) in [6.45, 7) is 0. The number of benzene rings is 3. The second kappa shape index (κ2) is 5.99. The van der Waals surface area contributed by atoms with Crippen molar-refractivity contribution in [1.82, 2.24) is 0 Å². The largest absolute Gasteiger partial charge is 0.455 e. The summed E-state index contributed by atoms with van der Waals surface area (Å²) in [4.78, 5) is 0. The topological polar surface area (TPSA) is 33.0 Å². The first-order valence-electron chi connectivity index (χ1n) is 6.56. The average Bonchev–Trinajstić information content (AvgIpc) is 2.55. The fourth-order valence-corrected chi connectivity index (χ4v) is 2.59. The lowest BCUT2D eigenvalue weighted by atomic mass is 10.1. The van der Waals surface area contributed by atoms with Gasteiger partial charge in [-0.25, -0.2) is 0 Å². The Balaban J connectivity index is 2.05. The lowest BCUT2D eigenvalue weighted by Gasteiger charge is -2.11. The molecule has 0 unspecified atom stereocenters. The Morgan fingerprint density at radius 2 is 1.76 bits per heavy atom. The molecule has 0 atom stereocenters. The van der Waals surface area contributed by atoms with E-state index in [-0.39, 0.29) is 0 Å². The summed E-state index contributed by atoms with van der Waals surface area (Å²) in [5.74, 6) is 1.34. The number of hydrogen-bond acceptors (Lipinski definition) is 2. The molecule has 3 aromatic rings. The molecule has 0 saturated heterocycles. The molecule has 0 saturated carbocycles. The van der Waals surface area contributed by atoms with Gasteiger partial charge in [0.2, 0.25) is 0 Å². The summed E-state index contributed by atoms with van der Waals surface area (Å²) in [7, 11) is 0. The molecule has 0 bridgehead atoms. The normalized spacial score (nSPS) is 10.3. The first kappa shape index (κ1) is 13.7. The Bertz CT molecular complexity index is 831. The Kier molecular flexibility index (Phi) is 3.89. The molecule has 0 heterocycles. The number of halogens is 1. The van der Waals surface area contributed by atoms with Gasteiger partial charge in [-0.1, -0.05) is 58.4 Å². The van der Waals surface area contributed by atoms with Gasteiger partial charge in [-0.3, -0.25) is 0 Å². The average molecular weight is 338 g/mol. The van der Waals surface area contributed by atoms with E-state index in [0.29, 0.717) is 11.3 Å². The van der Waals surface area contributed by atoms with Crippen molar-refractivity contribution in [3.63, 3.8) is 0 Å². The van der Waals surface area contributed by atoms with Gasteiger partial charge in [0.1, 0.15) is 17.6 Å². The van der Waals surface area contributed by atoms with E-state index in [0.717, 1.165) is 27.4 Å². The molecule has 3 rings (SSSR count). The van der Waals surface area contributed by atoms with E-state index in [9.17, 15) is 5.26 Å². The molecule has 3 heteroatoms. The molecule has 2 nitrogen and oxygen atoms in total. The van der Waals surface area contributed by atoms with E-state index in [1.807, 2.05) is 60.7 Å². The van der Waals surface area contributed by atoms with Crippen LogP contribution in [0.3, 0.4) is 0 Å². The first-order chi connectivity index (χ1) is 10.3. The molecule has 0 spiro atoms. The smallest absolute Gasteiger partial charge is 0.145 e. The lowest BCUT2D eigenvalue weighted by Crippen LogP contribution is -1.91. The van der Waals surface area contributed by atoms with Crippen LogP contribution in [0.5, 0.6) is 11.5 Å². The van der Waals surface area contributed by atoms with Gasteiger partial charge < -0.3 is 4.74 Å². The maximum absolute atomic E-state index is 9.28. The minimum atomic E-state index is 0.542. The zero-order valence-corrected chi connectivity index (χ0v) is 12.8. The number of nitrogens with zero attached hydrogens (tertiary/aromatic N) is 1. The van der Waals surface area contributed by atoms with Crippen molar-refractivity contribution in [3.05, 3.63) is 71.8 Å². The Hall–Kier alpha value is -2.31. The summed E-state index contributed by atoms with van der Waals surface area (Å²) in [5, 5.41) is 12.2. The molecule has 3 aromatic carbocycles. The van der Waals surface area contributed by atoms with Gasteiger partial charge in [0.15, 0.2) is 0 Å². The van der Waals surface area contributed by atoms with Gasteiger partial charge in [-0.05, 0) is 29.1 Å². The third-order valence-corrected chi connectivity index (χ3v) is 3.94. The van der Waals surface area contributed by atoms with Crippen LogP contribution in [0.25, 0.3) is 10.8 Å². The van der Waals surface area contributed by atoms with Crippen LogP contribution >= 0.6 is 15.9 Å². The summed E-state index contributed by atoms with van der Waals surface area (Å²) < 4.78 is 5.98. The Morgan fingerprint density at radius 3 is 2.57 bits per heavy atom. The molecule has 102 valence electrons. The molecule has 0 aliphatic rings. The van der Waals surface area contributed by atoms with Gasteiger partial charge in [-0.15, -0.1) is 0 Å². The molecule has 0 N–H and O–H groups in total. The van der Waals surface area contributed by atoms with E-state index in [1.54, 1.807) is 0 Å². The van der Waals surface area contributed by atoms with Gasteiger partial charge >= 0.3 is 0 Å². The molecule has 0 amide bonds. The van der Waals surface area contributed by atoms with Gasteiger partial charge in [0.25, 0.3) is 0 Å². The number of hydrogen-bond donors (Lipinski definition) is 0. The fraction of sp³-hybridized carbons (Fsp3) is 0.0556. The van der Waals surface area contributed by atoms with Crippen molar-refractivity contribution in [2.75, 3.05) is 0 Å². The first-order valence-corrected chi connectivity index (χ1v) is 7.68. The standard InChI is InChI=1S/C18H12BrNO/c19-11-13-8-9-17(15(10-13)12-20)21-18-7-3-5-14-4-1-2-6-16(14)18/h1-10H,11H2. The number of alkyl halides is 1. The predicted octanol–water partition coefficient (Wildman–Crippen LogP) is 5.40. The zero-order chi connectivity index (χ0) is 14.7. The van der Waals surface area contributed by atoms with Crippen LogP contribution in [0, 0.1) is 11.3 Å². The van der Waals surface area contributed by atoms with E-state index in [4.69, 9.17) is 4.74 Å². The molecule has 0 fully saturated rings. The molecular formula is C18H12BrNO. The zero-order valence-electron chi connectivity index (χ0n) is 11.2. The van der Waals surface area contributed by atoms with Crippen LogP contribution in [-0.4, -0.2) is 0 Å². The molecule has 0 radical (unpaired) electrons. The molecular weight excluding hydrogens is 326 g/mol. The number of nitriles is 1. The summed E-state index contributed by atoms with van der Waals surface area (Å²) in [6, 6.07) is 21.8. The van der Waals surface area contributed by atoms with Gasteiger partial charge in [-0.2, -0.15) is 5.26 Å². The van der Waals surface area contributed by atoms with Crippen molar-refractivity contribution < 1.29 is 4.74 Å². The third-order valence-electron chi connectivity index (χ3n) is 3.29. The second-order valence-electron chi connectivity index (χ2n) is 4.66. The predicted molar refractivity (Wildman–Crippen MR) is 87.8 cm³/mol. The quantitative estimate of drug-likeness (QED) is 0.599. The third kappa shape index (κ3) is 2.76. The van der Waals surface area contributed by atoms with E-state index < -0.39 is 0 Å². The highest BCUT2D eigenvalue weighted by Crippen LogP contribution is 2.32. The maximum atomic E-state index is 9.28. The van der Waals surface area contributed by atoms with Crippen LogP contribution in [0.1, 0.15) is 11.1 Å². The Labute approximate surface area is 131 Å². The van der Waals surface area contributed by atoms with Crippen molar-refractivity contribution >= 4 is 26.7 Å². The van der Waals surface area contributed by atoms with Gasteiger partial charge in [0, 0.05) is 10.7 Å². The minimum absolute atomic E-state index is 0.542. The van der Waals surface area contributed by atoms with Crippen molar-refractivity contribution in [2.24, 2.45) is 0 Å². The van der Waals surface area contributed by atoms with E-state index >= 15 is 0 Å². The number of rotatable bonds is 3. The van der Waals surface area contributed by atoms with Gasteiger partial charge in [0.05, 0.1) is 5.56 Å². The minimum Gasteiger partial charge on any atom is -0.455 e. The van der Waals surface area contributed by atoms with Crippen LogP contribution < -0.4 is 4.74 Å². The molecule has 21 heavy (non-hydrogen) atoms. The van der Waals surface area contributed by atoms with Crippen molar-refractivity contribution in [3.8, 4) is 17.6 Å². The highest BCUT2D eigenvalue weighted by atomic mass is 79.9. The Morgan fingerprint density at radius 1 is 0.952 bits per heavy atom. The van der Waals surface area contributed by atoms with Crippen molar-refractivity contribution in [2.45, 2.75) is 5.33 Å². The second-order valence-corrected chi connectivity index (χ2v) is 5.22. The van der Waals surface area contributed by atoms with Crippen LogP contribution in [0.15, 0.2) is 60.7 Å². The number of fused-ring (bicyclic) bond motifs is 1. The molecule has 0 aliphatic carbocycles. The fourth-order valence-electron chi connectivity index (χ4n) is 2.24. The molecule has 0 aromatic heterocycles. The van der Waals surface area contributed by atoms with Crippen LogP contribution in [0.2, 0.25) is 0 Å². The maximum Gasteiger partial charge on any atom is 0.145 e. The molecule has 0 aliphatic heterocycles. The summed E-state index contributed by atoms with van der Waals surface area (Å²) in [5.41, 5.74) is 1.59. The highest BCUT2D eigenvalue weighted by Gasteiger charge is 2.08.